The van der Waals surface area contributed by atoms with Gasteiger partial charge in [-0.1, -0.05) is 17.9 Å². The van der Waals surface area contributed by atoms with Crippen LogP contribution in [0, 0.1) is 23.6 Å². The second kappa shape index (κ2) is 8.02. The molecule has 0 radical (unpaired) electrons. The van der Waals surface area contributed by atoms with Crippen molar-refractivity contribution in [2.75, 3.05) is 12.8 Å². The van der Waals surface area contributed by atoms with Gasteiger partial charge in [-0.25, -0.2) is 26.5 Å². The van der Waals surface area contributed by atoms with Crippen molar-refractivity contribution in [2.45, 2.75) is 25.3 Å². The first-order valence-electron chi connectivity index (χ1n) is 10.0. The van der Waals surface area contributed by atoms with E-state index >= 15 is 0 Å². The predicted octanol–water partition coefficient (Wildman–Crippen LogP) is 3.25. The van der Waals surface area contributed by atoms with Crippen molar-refractivity contribution in [3.05, 3.63) is 64.7 Å². The largest absolute Gasteiger partial charge is 0.369 e. The van der Waals surface area contributed by atoms with Crippen molar-refractivity contribution in [3.8, 4) is 11.8 Å². The first-order valence-corrected chi connectivity index (χ1v) is 11.7. The molecule has 1 saturated carbocycles. The molecule has 0 saturated heterocycles. The van der Waals surface area contributed by atoms with E-state index in [2.05, 4.69) is 21.8 Å². The van der Waals surface area contributed by atoms with Crippen LogP contribution in [0.5, 0.6) is 0 Å². The fraction of sp³-hybridized carbons (Fsp3) is 0.304. The van der Waals surface area contributed by atoms with Gasteiger partial charge in [0.05, 0.1) is 11.4 Å². The van der Waals surface area contributed by atoms with Crippen LogP contribution in [-0.2, 0) is 15.6 Å². The third-order valence-electron chi connectivity index (χ3n) is 5.43. The van der Waals surface area contributed by atoms with Crippen LogP contribution in [0.25, 0.3) is 11.9 Å². The number of aliphatic imine (C=N–C) groups is 1. The van der Waals surface area contributed by atoms with Crippen LogP contribution >= 0.6 is 0 Å². The van der Waals surface area contributed by atoms with E-state index in [-0.39, 0.29) is 17.2 Å². The zero-order valence-electron chi connectivity index (χ0n) is 17.6. The standard InChI is InChI=1S/C23H22F2N4O2S/c1-23(14-32(30,31)29(2)22(26)28-23)18-11-17(7-9-19(18)24)12-20(25)21-10-8-16(13-27-21)6-5-15-3-4-15/h7-13,15H,3-4,14H2,1-2H3,(H2,26,28)/b20-12-/t23-/m0/s1. The molecular weight excluding hydrogens is 434 g/mol. The van der Waals surface area contributed by atoms with E-state index in [1.54, 1.807) is 6.07 Å². The number of pyridine rings is 1. The van der Waals surface area contributed by atoms with E-state index in [9.17, 15) is 17.2 Å². The quantitative estimate of drug-likeness (QED) is 0.718. The molecule has 1 aromatic carbocycles. The number of nitrogens with two attached hydrogens (primary N) is 1. The van der Waals surface area contributed by atoms with Gasteiger partial charge in [0.25, 0.3) is 0 Å². The molecule has 9 heteroatoms. The summed E-state index contributed by atoms with van der Waals surface area (Å²) in [7, 11) is -2.49. The van der Waals surface area contributed by atoms with Crippen molar-refractivity contribution in [2.24, 2.45) is 16.6 Å². The molecule has 6 nitrogen and oxygen atoms in total. The summed E-state index contributed by atoms with van der Waals surface area (Å²) in [5.41, 5.74) is 5.48. The molecule has 4 rings (SSSR count). The Morgan fingerprint density at radius 1 is 1.31 bits per heavy atom. The maximum absolute atomic E-state index is 14.8. The topological polar surface area (TPSA) is 88.7 Å². The molecule has 32 heavy (non-hydrogen) atoms. The minimum Gasteiger partial charge on any atom is -0.369 e. The molecule has 0 spiro atoms. The Balaban J connectivity index is 1.64. The number of sulfonamides is 1. The van der Waals surface area contributed by atoms with Gasteiger partial charge in [-0.15, -0.1) is 0 Å². The van der Waals surface area contributed by atoms with Crippen LogP contribution < -0.4 is 5.73 Å². The third-order valence-corrected chi connectivity index (χ3v) is 7.38. The summed E-state index contributed by atoms with van der Waals surface area (Å²) in [5, 5.41) is 0. The first-order chi connectivity index (χ1) is 15.1. The van der Waals surface area contributed by atoms with Crippen LogP contribution in [0.4, 0.5) is 8.78 Å². The van der Waals surface area contributed by atoms with Gasteiger partial charge in [-0.3, -0.25) is 4.98 Å². The minimum atomic E-state index is -3.77. The Kier molecular flexibility index (Phi) is 5.51. The number of hydrogen-bond acceptors (Lipinski definition) is 5. The molecule has 1 aromatic heterocycles. The zero-order chi connectivity index (χ0) is 23.1. The van der Waals surface area contributed by atoms with Gasteiger partial charge in [0.2, 0.25) is 16.0 Å². The Morgan fingerprint density at radius 2 is 2.06 bits per heavy atom. The normalized spacial score (nSPS) is 22.7. The second-order valence-electron chi connectivity index (χ2n) is 8.17. The minimum absolute atomic E-state index is 0.0114. The molecule has 1 fully saturated rings. The summed E-state index contributed by atoms with van der Waals surface area (Å²) in [6.07, 6.45) is 4.96. The lowest BCUT2D eigenvalue weighted by Crippen LogP contribution is -2.50. The highest BCUT2D eigenvalue weighted by atomic mass is 32.2. The van der Waals surface area contributed by atoms with Gasteiger partial charge >= 0.3 is 0 Å². The van der Waals surface area contributed by atoms with E-state index in [1.165, 1.54) is 44.4 Å². The highest BCUT2D eigenvalue weighted by molar-refractivity contribution is 7.89. The highest BCUT2D eigenvalue weighted by Gasteiger charge is 2.41. The van der Waals surface area contributed by atoms with Crippen LogP contribution in [0.1, 0.15) is 42.1 Å². The van der Waals surface area contributed by atoms with Gasteiger partial charge in [-0.05, 0) is 55.7 Å². The Morgan fingerprint density at radius 3 is 2.69 bits per heavy atom. The van der Waals surface area contributed by atoms with Crippen molar-refractivity contribution in [1.82, 2.24) is 9.29 Å². The van der Waals surface area contributed by atoms with Crippen molar-refractivity contribution in [1.29, 1.82) is 0 Å². The molecule has 166 valence electrons. The van der Waals surface area contributed by atoms with E-state index in [1.807, 2.05) is 0 Å². The van der Waals surface area contributed by atoms with E-state index in [4.69, 9.17) is 5.73 Å². The summed E-state index contributed by atoms with van der Waals surface area (Å²) in [6, 6.07) is 7.16. The molecule has 2 N–H and O–H groups in total. The predicted molar refractivity (Wildman–Crippen MR) is 120 cm³/mol. The summed E-state index contributed by atoms with van der Waals surface area (Å²) >= 11 is 0. The number of guanidine groups is 1. The molecule has 1 aliphatic heterocycles. The lowest BCUT2D eigenvalue weighted by molar-refractivity contribution is 0.458. The molecule has 2 heterocycles. The smallest absolute Gasteiger partial charge is 0.239 e. The molecule has 0 bridgehead atoms. The monoisotopic (exact) mass is 456 g/mol. The number of benzene rings is 1. The number of aromatic nitrogens is 1. The van der Waals surface area contributed by atoms with Crippen LogP contribution in [0.3, 0.4) is 0 Å². The van der Waals surface area contributed by atoms with Gasteiger partial charge in [0, 0.05) is 30.3 Å². The lowest BCUT2D eigenvalue weighted by Gasteiger charge is -2.34. The summed E-state index contributed by atoms with van der Waals surface area (Å²) in [6.45, 7) is 1.48. The van der Waals surface area contributed by atoms with Crippen LogP contribution in [0.15, 0.2) is 41.5 Å². The van der Waals surface area contributed by atoms with Gasteiger partial charge in [0.1, 0.15) is 17.2 Å². The first kappa shape index (κ1) is 22.0. The summed E-state index contributed by atoms with van der Waals surface area (Å²) < 4.78 is 55.1. The van der Waals surface area contributed by atoms with E-state index < -0.39 is 33.0 Å². The summed E-state index contributed by atoms with van der Waals surface area (Å²) in [5.74, 6) is 4.63. The van der Waals surface area contributed by atoms with Crippen LogP contribution in [0.2, 0.25) is 0 Å². The van der Waals surface area contributed by atoms with E-state index in [0.717, 1.165) is 23.2 Å². The Bertz CT molecular complexity index is 1290. The molecule has 0 amide bonds. The SMILES string of the molecule is CN1C(N)=N[C@](C)(c2cc(/C=C(\F)c3ccc(C#CC4CC4)cn3)ccc2F)CS1(=O)=O. The fourth-order valence-corrected chi connectivity index (χ4v) is 4.83. The number of rotatable bonds is 3. The molecule has 1 aliphatic carbocycles. The molecule has 1 atom stereocenters. The van der Waals surface area contributed by atoms with Crippen molar-refractivity contribution >= 4 is 27.9 Å². The lowest BCUT2D eigenvalue weighted by atomic mass is 9.92. The average Bonchev–Trinajstić information content (AvgIpc) is 3.56. The second-order valence-corrected chi connectivity index (χ2v) is 10.2. The van der Waals surface area contributed by atoms with Gasteiger partial charge in [0.15, 0.2) is 0 Å². The molecule has 2 aliphatic rings. The number of nitrogens with zero attached hydrogens (tertiary/aromatic N) is 3. The fourth-order valence-electron chi connectivity index (χ4n) is 3.38. The zero-order valence-corrected chi connectivity index (χ0v) is 18.5. The van der Waals surface area contributed by atoms with Gasteiger partial charge in [-0.2, -0.15) is 0 Å². The van der Waals surface area contributed by atoms with E-state index in [0.29, 0.717) is 17.0 Å². The number of halogens is 2. The summed E-state index contributed by atoms with van der Waals surface area (Å²) in [4.78, 5) is 8.32. The molecule has 0 unspecified atom stereocenters. The average molecular weight is 457 g/mol. The number of hydrogen-bond donors (Lipinski definition) is 1. The third kappa shape index (κ3) is 4.50. The van der Waals surface area contributed by atoms with Crippen LogP contribution in [-0.4, -0.2) is 36.5 Å². The van der Waals surface area contributed by atoms with Gasteiger partial charge < -0.3 is 5.73 Å². The molecular formula is C23H22F2N4O2S. The van der Waals surface area contributed by atoms with Crippen molar-refractivity contribution in [3.63, 3.8) is 0 Å². The highest BCUT2D eigenvalue weighted by Crippen LogP contribution is 2.34. The molecule has 2 aromatic rings. The maximum atomic E-state index is 14.8. The Labute approximate surface area is 185 Å². The maximum Gasteiger partial charge on any atom is 0.239 e. The van der Waals surface area contributed by atoms with Crippen molar-refractivity contribution < 1.29 is 17.2 Å². The Hall–Kier alpha value is -3.25.